The number of thiophene rings is 1. The Kier molecular flexibility index (Phi) is 6.56. The highest BCUT2D eigenvalue weighted by Crippen LogP contribution is 2.43. The first-order chi connectivity index (χ1) is 16.2. The quantitative estimate of drug-likeness (QED) is 0.290. The normalized spacial score (nSPS) is 17.8. The van der Waals surface area contributed by atoms with Crippen molar-refractivity contribution < 1.29 is 27.9 Å². The second kappa shape index (κ2) is 9.41. The van der Waals surface area contributed by atoms with Crippen LogP contribution in [0.4, 0.5) is 5.69 Å². The number of amides is 1. The molecular weight excluding hydrogens is 476 g/mol. The van der Waals surface area contributed by atoms with E-state index >= 15 is 0 Å². The number of hydrogen-bond acceptors (Lipinski definition) is 7. The van der Waals surface area contributed by atoms with Gasteiger partial charge in [-0.2, -0.15) is 0 Å². The average Bonchev–Trinajstić information content (AvgIpc) is 3.44. The first-order valence-corrected chi connectivity index (χ1v) is 12.9. The molecule has 1 aliphatic heterocycles. The molecule has 3 aromatic rings. The predicted octanol–water partition coefficient (Wildman–Crippen LogP) is 3.81. The third kappa shape index (κ3) is 4.47. The van der Waals surface area contributed by atoms with Gasteiger partial charge < -0.3 is 9.84 Å². The number of ether oxygens (including phenoxy) is 1. The van der Waals surface area contributed by atoms with Crippen LogP contribution >= 0.6 is 11.3 Å². The van der Waals surface area contributed by atoms with Crippen molar-refractivity contribution in [3.63, 3.8) is 0 Å². The van der Waals surface area contributed by atoms with E-state index in [4.69, 9.17) is 9.88 Å². The number of aliphatic hydroxyl groups is 1. The van der Waals surface area contributed by atoms with E-state index in [1.54, 1.807) is 41.8 Å². The lowest BCUT2D eigenvalue weighted by Gasteiger charge is -2.24. The fourth-order valence-corrected chi connectivity index (χ4v) is 5.06. The molecular formula is C24H22N2O6S2. The molecule has 8 nitrogen and oxygen atoms in total. The van der Waals surface area contributed by atoms with Crippen molar-refractivity contribution >= 4 is 44.5 Å². The van der Waals surface area contributed by atoms with E-state index in [-0.39, 0.29) is 16.2 Å². The van der Waals surface area contributed by atoms with Gasteiger partial charge in [0.1, 0.15) is 17.6 Å². The number of hydrogen-bond donors (Lipinski definition) is 2. The first kappa shape index (κ1) is 23.7. The summed E-state index contributed by atoms with van der Waals surface area (Å²) in [6, 6.07) is 14.7. The summed E-state index contributed by atoms with van der Waals surface area (Å²) in [5, 5.41) is 18.2. The van der Waals surface area contributed by atoms with Crippen LogP contribution < -0.4 is 14.8 Å². The number of aliphatic hydroxyl groups excluding tert-OH is 1. The van der Waals surface area contributed by atoms with Crippen LogP contribution in [0.2, 0.25) is 0 Å². The number of sulfonamides is 1. The van der Waals surface area contributed by atoms with E-state index < -0.39 is 27.8 Å². The van der Waals surface area contributed by atoms with Gasteiger partial charge in [-0.25, -0.2) is 13.6 Å². The maximum absolute atomic E-state index is 13.1. The molecule has 3 N–H and O–H groups in total. The Morgan fingerprint density at radius 1 is 1.12 bits per heavy atom. The molecule has 1 aromatic heterocycles. The molecule has 176 valence electrons. The Labute approximate surface area is 201 Å². The molecule has 2 heterocycles. The number of anilines is 1. The lowest BCUT2D eigenvalue weighted by Crippen LogP contribution is -2.29. The molecule has 1 amide bonds. The molecule has 34 heavy (non-hydrogen) atoms. The first-order valence-electron chi connectivity index (χ1n) is 10.4. The molecule has 1 fully saturated rings. The number of carbonyl (C=O) groups excluding carboxylic acids is 2. The molecule has 1 aliphatic rings. The number of carbonyl (C=O) groups is 2. The van der Waals surface area contributed by atoms with Crippen molar-refractivity contribution in [1.82, 2.24) is 0 Å². The van der Waals surface area contributed by atoms with Gasteiger partial charge in [0.05, 0.1) is 17.1 Å². The molecule has 0 radical (unpaired) electrons. The van der Waals surface area contributed by atoms with E-state index in [1.165, 1.54) is 40.5 Å². The molecule has 1 unspecified atom stereocenters. The topological polar surface area (TPSA) is 127 Å². The second-order valence-corrected chi connectivity index (χ2v) is 10.1. The highest BCUT2D eigenvalue weighted by molar-refractivity contribution is 7.89. The lowest BCUT2D eigenvalue weighted by atomic mass is 9.99. The second-order valence-electron chi connectivity index (χ2n) is 7.60. The molecule has 2 aromatic carbocycles. The summed E-state index contributed by atoms with van der Waals surface area (Å²) in [5.74, 6) is -1.46. The predicted molar refractivity (Wildman–Crippen MR) is 129 cm³/mol. The maximum Gasteiger partial charge on any atom is 0.300 e. The van der Waals surface area contributed by atoms with Crippen molar-refractivity contribution in [1.29, 1.82) is 0 Å². The highest BCUT2D eigenvalue weighted by Gasteiger charge is 2.47. The van der Waals surface area contributed by atoms with Crippen molar-refractivity contribution in [2.75, 3.05) is 11.5 Å². The van der Waals surface area contributed by atoms with Crippen LogP contribution in [0, 0.1) is 0 Å². The summed E-state index contributed by atoms with van der Waals surface area (Å²) in [5.41, 5.74) is 0.584. The average molecular weight is 499 g/mol. The van der Waals surface area contributed by atoms with E-state index in [0.717, 1.165) is 6.42 Å². The molecule has 10 heteroatoms. The van der Waals surface area contributed by atoms with E-state index in [9.17, 15) is 23.1 Å². The van der Waals surface area contributed by atoms with Crippen LogP contribution in [0.15, 0.2) is 76.5 Å². The number of nitrogens with two attached hydrogens (primary N) is 1. The Morgan fingerprint density at radius 3 is 2.47 bits per heavy atom. The van der Waals surface area contributed by atoms with Gasteiger partial charge in [0.15, 0.2) is 0 Å². The SMILES string of the molecule is CCCOc1cccc(/C(O)=C2/C(=O)C(=O)N(c3ccc(S(N)(=O)=O)cc3)C2c2cccs2)c1. The monoisotopic (exact) mass is 498 g/mol. The molecule has 0 aliphatic carbocycles. The minimum absolute atomic E-state index is 0.0596. The summed E-state index contributed by atoms with van der Waals surface area (Å²) in [6.07, 6.45) is 0.809. The van der Waals surface area contributed by atoms with Crippen LogP contribution in [-0.2, 0) is 19.6 Å². The van der Waals surface area contributed by atoms with Crippen molar-refractivity contribution in [2.24, 2.45) is 5.14 Å². The zero-order chi connectivity index (χ0) is 24.5. The molecule has 0 saturated carbocycles. The van der Waals surface area contributed by atoms with Crippen LogP contribution in [0.1, 0.15) is 29.8 Å². The van der Waals surface area contributed by atoms with Crippen LogP contribution in [0.3, 0.4) is 0 Å². The smallest absolute Gasteiger partial charge is 0.300 e. The Hall–Kier alpha value is -3.47. The summed E-state index contributed by atoms with van der Waals surface area (Å²) in [6.45, 7) is 2.47. The van der Waals surface area contributed by atoms with Crippen molar-refractivity contribution in [3.05, 3.63) is 82.1 Å². The van der Waals surface area contributed by atoms with Crippen LogP contribution in [0.5, 0.6) is 5.75 Å². The van der Waals surface area contributed by atoms with Gasteiger partial charge >= 0.3 is 0 Å². The maximum atomic E-state index is 13.1. The molecule has 0 bridgehead atoms. The van der Waals surface area contributed by atoms with Gasteiger partial charge in [0.25, 0.3) is 11.7 Å². The minimum Gasteiger partial charge on any atom is -0.507 e. The number of benzene rings is 2. The molecule has 1 saturated heterocycles. The van der Waals surface area contributed by atoms with Crippen LogP contribution in [-0.4, -0.2) is 31.8 Å². The number of Topliss-reactive ketones (excluding diaryl/α,β-unsaturated/α-hetero) is 1. The summed E-state index contributed by atoms with van der Waals surface area (Å²) >= 11 is 1.33. The van der Waals surface area contributed by atoms with Crippen molar-refractivity contribution in [2.45, 2.75) is 24.3 Å². The van der Waals surface area contributed by atoms with Gasteiger partial charge in [-0.15, -0.1) is 11.3 Å². The van der Waals surface area contributed by atoms with Crippen LogP contribution in [0.25, 0.3) is 5.76 Å². The van der Waals surface area contributed by atoms with Gasteiger partial charge in [0, 0.05) is 16.1 Å². The number of rotatable bonds is 7. The molecule has 0 spiro atoms. The van der Waals surface area contributed by atoms with Gasteiger partial charge in [0.2, 0.25) is 10.0 Å². The van der Waals surface area contributed by atoms with Gasteiger partial charge in [-0.3, -0.25) is 14.5 Å². The van der Waals surface area contributed by atoms with Gasteiger partial charge in [-0.1, -0.05) is 25.1 Å². The molecule has 4 rings (SSSR count). The largest absolute Gasteiger partial charge is 0.507 e. The zero-order valence-corrected chi connectivity index (χ0v) is 19.8. The fraction of sp³-hybridized carbons (Fsp3) is 0.167. The Balaban J connectivity index is 1.84. The summed E-state index contributed by atoms with van der Waals surface area (Å²) in [4.78, 5) is 28.1. The summed E-state index contributed by atoms with van der Waals surface area (Å²) in [7, 11) is -3.92. The Bertz CT molecular complexity index is 1360. The number of primary sulfonamides is 1. The number of nitrogens with zero attached hydrogens (tertiary/aromatic N) is 1. The fourth-order valence-electron chi connectivity index (χ4n) is 3.72. The lowest BCUT2D eigenvalue weighted by molar-refractivity contribution is -0.132. The van der Waals surface area contributed by atoms with Gasteiger partial charge in [-0.05, 0) is 54.3 Å². The minimum atomic E-state index is -3.92. The summed E-state index contributed by atoms with van der Waals surface area (Å²) < 4.78 is 28.9. The standard InChI is InChI=1S/C24H22N2O6S2/c1-2-12-32-17-6-3-5-15(14-17)22(27)20-21(19-7-4-13-33-19)26(24(29)23(20)28)16-8-10-18(11-9-16)34(25,30)31/h3-11,13-14,21,27H,2,12H2,1H3,(H2,25,30,31)/b22-20-. The molecule has 1 atom stereocenters. The van der Waals surface area contributed by atoms with E-state index in [2.05, 4.69) is 0 Å². The van der Waals surface area contributed by atoms with E-state index in [0.29, 0.717) is 28.5 Å². The highest BCUT2D eigenvalue weighted by atomic mass is 32.2. The zero-order valence-electron chi connectivity index (χ0n) is 18.2. The van der Waals surface area contributed by atoms with E-state index in [1.807, 2.05) is 6.92 Å². The van der Waals surface area contributed by atoms with Crippen molar-refractivity contribution in [3.8, 4) is 5.75 Å². The third-order valence-electron chi connectivity index (χ3n) is 5.28. The number of ketones is 1. The Morgan fingerprint density at radius 2 is 1.85 bits per heavy atom. The third-order valence-corrected chi connectivity index (χ3v) is 7.13.